The number of ether oxygens (including phenoxy) is 1. The average molecular weight is 363 g/mol. The van der Waals surface area contributed by atoms with Gasteiger partial charge in [-0.25, -0.2) is 9.59 Å². The largest absolute Gasteiger partial charge is 0.443 e. The molecular formula is C21H17NO5. The Labute approximate surface area is 154 Å². The monoisotopic (exact) mass is 363 g/mol. The third kappa shape index (κ3) is 3.74. The Morgan fingerprint density at radius 3 is 2.48 bits per heavy atom. The van der Waals surface area contributed by atoms with Gasteiger partial charge in [-0.2, -0.15) is 0 Å². The number of benzene rings is 2. The second-order valence-electron chi connectivity index (χ2n) is 6.46. The summed E-state index contributed by atoms with van der Waals surface area (Å²) in [6.45, 7) is 0. The molecule has 3 aromatic rings. The van der Waals surface area contributed by atoms with Crippen LogP contribution >= 0.6 is 0 Å². The minimum absolute atomic E-state index is 0.119. The van der Waals surface area contributed by atoms with Crippen LogP contribution in [0.5, 0.6) is 0 Å². The van der Waals surface area contributed by atoms with Gasteiger partial charge in [0.1, 0.15) is 11.1 Å². The van der Waals surface area contributed by atoms with Crippen molar-refractivity contribution in [1.29, 1.82) is 0 Å². The van der Waals surface area contributed by atoms with Crippen LogP contribution in [0.4, 0.5) is 0 Å². The number of hydrogen-bond acceptors (Lipinski definition) is 5. The lowest BCUT2D eigenvalue weighted by Gasteiger charge is -2.17. The van der Waals surface area contributed by atoms with E-state index in [2.05, 4.69) is 5.32 Å². The fourth-order valence-electron chi connectivity index (χ4n) is 2.78. The van der Waals surface area contributed by atoms with Crippen LogP contribution in [0.25, 0.3) is 11.0 Å². The van der Waals surface area contributed by atoms with Gasteiger partial charge in [0.25, 0.3) is 5.91 Å². The lowest BCUT2D eigenvalue weighted by atomic mass is 10.1. The van der Waals surface area contributed by atoms with Crippen molar-refractivity contribution in [3.05, 3.63) is 82.2 Å². The molecule has 0 saturated heterocycles. The predicted octanol–water partition coefficient (Wildman–Crippen LogP) is 2.97. The molecule has 0 radical (unpaired) electrons. The Hall–Kier alpha value is -3.41. The summed E-state index contributed by atoms with van der Waals surface area (Å²) in [4.78, 5) is 37.4. The van der Waals surface area contributed by atoms with E-state index in [9.17, 15) is 14.4 Å². The molecule has 2 aromatic carbocycles. The molecule has 1 heterocycles. The fraction of sp³-hybridized carbons (Fsp3) is 0.190. The van der Waals surface area contributed by atoms with Crippen LogP contribution in [0, 0.1) is 0 Å². The predicted molar refractivity (Wildman–Crippen MR) is 98.2 cm³/mol. The number of nitrogens with one attached hydrogen (secondary N) is 1. The second kappa shape index (κ2) is 7.07. The number of esters is 1. The zero-order valence-electron chi connectivity index (χ0n) is 14.4. The minimum Gasteiger partial charge on any atom is -0.443 e. The van der Waals surface area contributed by atoms with Crippen molar-refractivity contribution < 1.29 is 18.7 Å². The summed E-state index contributed by atoms with van der Waals surface area (Å²) in [5, 5.41) is 3.44. The summed E-state index contributed by atoms with van der Waals surface area (Å²) in [6, 6.07) is 17.1. The Balaban J connectivity index is 1.64. The molecule has 1 atom stereocenters. The smallest absolute Gasteiger partial charge is 0.351 e. The number of carbonyl (C=O) groups excluding carboxylic acids is 2. The number of para-hydroxylation sites is 1. The van der Waals surface area contributed by atoms with E-state index in [1.54, 1.807) is 54.6 Å². The van der Waals surface area contributed by atoms with E-state index in [4.69, 9.17) is 9.15 Å². The Bertz CT molecular complexity index is 1050. The van der Waals surface area contributed by atoms with Crippen LogP contribution in [0.3, 0.4) is 0 Å². The van der Waals surface area contributed by atoms with E-state index in [1.807, 2.05) is 0 Å². The number of carbonyl (C=O) groups is 2. The summed E-state index contributed by atoms with van der Waals surface area (Å²) in [5.41, 5.74) is -0.124. The zero-order valence-corrected chi connectivity index (χ0v) is 14.4. The summed E-state index contributed by atoms with van der Waals surface area (Å²) in [7, 11) is 0. The molecule has 0 unspecified atom stereocenters. The summed E-state index contributed by atoms with van der Waals surface area (Å²) < 4.78 is 10.6. The normalized spacial score (nSPS) is 14.5. The lowest BCUT2D eigenvalue weighted by molar-refractivity contribution is -0.130. The highest BCUT2D eigenvalue weighted by Gasteiger charge is 2.31. The first-order valence-electron chi connectivity index (χ1n) is 8.71. The van der Waals surface area contributed by atoms with E-state index >= 15 is 0 Å². The van der Waals surface area contributed by atoms with Gasteiger partial charge in [-0.15, -0.1) is 0 Å². The Kier molecular flexibility index (Phi) is 4.46. The fourth-order valence-corrected chi connectivity index (χ4v) is 2.78. The van der Waals surface area contributed by atoms with Crippen molar-refractivity contribution >= 4 is 22.8 Å². The molecule has 1 aliphatic carbocycles. The van der Waals surface area contributed by atoms with Crippen LogP contribution in [0.15, 0.2) is 69.9 Å². The molecule has 0 spiro atoms. The standard InChI is InChI=1S/C21H17NO5/c23-19(22-15-10-11-15)18(13-6-2-1-3-7-13)27-21(25)16-12-14-8-4-5-9-17(14)26-20(16)24/h1-9,12,15,18H,10-11H2,(H,22,23)/t18-/m1/s1. The summed E-state index contributed by atoms with van der Waals surface area (Å²) >= 11 is 0. The van der Waals surface area contributed by atoms with Crippen LogP contribution in [-0.4, -0.2) is 17.9 Å². The first-order valence-corrected chi connectivity index (χ1v) is 8.71. The molecular weight excluding hydrogens is 346 g/mol. The Morgan fingerprint density at radius 1 is 1.04 bits per heavy atom. The maximum atomic E-state index is 12.6. The molecule has 0 aliphatic heterocycles. The Morgan fingerprint density at radius 2 is 1.74 bits per heavy atom. The van der Waals surface area contributed by atoms with Gasteiger partial charge in [-0.3, -0.25) is 4.79 Å². The first-order chi connectivity index (χ1) is 13.1. The van der Waals surface area contributed by atoms with Crippen LogP contribution in [0.2, 0.25) is 0 Å². The van der Waals surface area contributed by atoms with Crippen molar-refractivity contribution in [2.75, 3.05) is 0 Å². The highest BCUT2D eigenvalue weighted by molar-refractivity contribution is 5.95. The van der Waals surface area contributed by atoms with Crippen molar-refractivity contribution in [3.8, 4) is 0 Å². The topological polar surface area (TPSA) is 85.6 Å². The maximum absolute atomic E-state index is 12.6. The van der Waals surface area contributed by atoms with Gasteiger partial charge in [-0.1, -0.05) is 48.5 Å². The molecule has 4 rings (SSSR count). The van der Waals surface area contributed by atoms with E-state index in [1.165, 1.54) is 6.07 Å². The molecule has 1 N–H and O–H groups in total. The lowest BCUT2D eigenvalue weighted by Crippen LogP contribution is -2.34. The van der Waals surface area contributed by atoms with Gasteiger partial charge in [-0.05, 0) is 25.0 Å². The van der Waals surface area contributed by atoms with Gasteiger partial charge in [0, 0.05) is 17.0 Å². The van der Waals surface area contributed by atoms with Crippen molar-refractivity contribution in [2.45, 2.75) is 25.0 Å². The van der Waals surface area contributed by atoms with Gasteiger partial charge in [0.2, 0.25) is 6.10 Å². The SMILES string of the molecule is O=C(O[C@@H](C(=O)NC1CC1)c1ccccc1)c1cc2ccccc2oc1=O. The molecule has 0 bridgehead atoms. The summed E-state index contributed by atoms with van der Waals surface area (Å²) in [6.07, 6.45) is 0.690. The second-order valence-corrected chi connectivity index (χ2v) is 6.46. The minimum atomic E-state index is -1.13. The molecule has 1 aliphatic rings. The molecule has 136 valence electrons. The van der Waals surface area contributed by atoms with Gasteiger partial charge in [0.05, 0.1) is 0 Å². The molecule has 1 fully saturated rings. The van der Waals surface area contributed by atoms with Gasteiger partial charge in [0.15, 0.2) is 0 Å². The number of fused-ring (bicyclic) bond motifs is 1. The van der Waals surface area contributed by atoms with Crippen molar-refractivity contribution in [1.82, 2.24) is 5.32 Å². The van der Waals surface area contributed by atoms with Crippen LogP contribution in [-0.2, 0) is 9.53 Å². The molecule has 6 nitrogen and oxygen atoms in total. The number of rotatable bonds is 5. The molecule has 1 amide bonds. The molecule has 1 aromatic heterocycles. The van der Waals surface area contributed by atoms with Gasteiger partial charge < -0.3 is 14.5 Å². The summed E-state index contributed by atoms with van der Waals surface area (Å²) in [5.74, 6) is -1.29. The number of amides is 1. The van der Waals surface area contributed by atoms with Crippen LogP contribution < -0.4 is 10.9 Å². The quantitative estimate of drug-likeness (QED) is 0.556. The third-order valence-electron chi connectivity index (χ3n) is 4.35. The van der Waals surface area contributed by atoms with Crippen LogP contribution in [0.1, 0.15) is 34.9 Å². The average Bonchev–Trinajstić information content (AvgIpc) is 3.50. The zero-order chi connectivity index (χ0) is 18.8. The molecule has 1 saturated carbocycles. The first kappa shape index (κ1) is 17.0. The molecule has 6 heteroatoms. The van der Waals surface area contributed by atoms with E-state index in [0.717, 1.165) is 12.8 Å². The highest BCUT2D eigenvalue weighted by Crippen LogP contribution is 2.24. The van der Waals surface area contributed by atoms with E-state index < -0.39 is 23.6 Å². The van der Waals surface area contributed by atoms with Crippen molar-refractivity contribution in [2.24, 2.45) is 0 Å². The molecule has 27 heavy (non-hydrogen) atoms. The van der Waals surface area contributed by atoms with E-state index in [0.29, 0.717) is 16.5 Å². The van der Waals surface area contributed by atoms with Crippen molar-refractivity contribution in [3.63, 3.8) is 0 Å². The number of hydrogen-bond donors (Lipinski definition) is 1. The van der Waals surface area contributed by atoms with E-state index in [-0.39, 0.29) is 11.6 Å². The third-order valence-corrected chi connectivity index (χ3v) is 4.35. The maximum Gasteiger partial charge on any atom is 0.351 e. The highest BCUT2D eigenvalue weighted by atomic mass is 16.5. The van der Waals surface area contributed by atoms with Gasteiger partial charge >= 0.3 is 11.6 Å².